The number of aryl methyl sites for hydroxylation is 1. The van der Waals surface area contributed by atoms with Gasteiger partial charge in [-0.3, -0.25) is 0 Å². The Balaban J connectivity index is 1.85. The van der Waals surface area contributed by atoms with Gasteiger partial charge in [-0.1, -0.05) is 42.2 Å². The quantitative estimate of drug-likeness (QED) is 0.565. The van der Waals surface area contributed by atoms with Gasteiger partial charge >= 0.3 is 6.09 Å². The van der Waals surface area contributed by atoms with Crippen molar-refractivity contribution in [1.29, 1.82) is 0 Å². The van der Waals surface area contributed by atoms with E-state index in [1.54, 1.807) is 16.7 Å². The average molecular weight is 353 g/mol. The fraction of sp³-hybridized carbons (Fsp3) is 0.529. The number of carbonyl (C=O) groups is 1. The van der Waals surface area contributed by atoms with Gasteiger partial charge in [-0.25, -0.2) is 4.79 Å². The Labute approximate surface area is 148 Å². The van der Waals surface area contributed by atoms with Crippen LogP contribution in [0.15, 0.2) is 29.2 Å². The standard InChI is InChI=1S/C17H24N2O2S2/c1-13-7-5-6-8-14(13)23-16(22)19-11-9-18(10-12-19)15(20)21-17(2,3)4/h5-8H,9-12H2,1-4H3. The van der Waals surface area contributed by atoms with Crippen molar-refractivity contribution in [2.75, 3.05) is 26.2 Å². The Morgan fingerprint density at radius 2 is 1.70 bits per heavy atom. The first-order valence-electron chi connectivity index (χ1n) is 7.76. The Kier molecular flexibility index (Phi) is 5.92. The van der Waals surface area contributed by atoms with Crippen LogP contribution < -0.4 is 0 Å². The normalized spacial score (nSPS) is 15.5. The van der Waals surface area contributed by atoms with Crippen molar-refractivity contribution in [2.24, 2.45) is 0 Å². The summed E-state index contributed by atoms with van der Waals surface area (Å²) in [5.74, 6) is 0. The topological polar surface area (TPSA) is 32.8 Å². The number of hydrogen-bond acceptors (Lipinski definition) is 4. The Bertz CT molecular complexity index is 576. The van der Waals surface area contributed by atoms with Crippen molar-refractivity contribution >= 4 is 34.4 Å². The zero-order chi connectivity index (χ0) is 17.0. The van der Waals surface area contributed by atoms with Crippen LogP contribution in [0.1, 0.15) is 26.3 Å². The number of thioether (sulfide) groups is 1. The van der Waals surface area contributed by atoms with Crippen molar-refractivity contribution in [3.05, 3.63) is 29.8 Å². The van der Waals surface area contributed by atoms with Crippen LogP contribution in [0.2, 0.25) is 0 Å². The van der Waals surface area contributed by atoms with E-state index >= 15 is 0 Å². The Hall–Kier alpha value is -1.27. The molecule has 0 spiro atoms. The summed E-state index contributed by atoms with van der Waals surface area (Å²) in [5.41, 5.74) is 0.775. The molecule has 1 heterocycles. The third-order valence-corrected chi connectivity index (χ3v) is 5.10. The van der Waals surface area contributed by atoms with E-state index in [2.05, 4.69) is 24.0 Å². The number of benzene rings is 1. The summed E-state index contributed by atoms with van der Waals surface area (Å²) in [6.45, 7) is 10.5. The largest absolute Gasteiger partial charge is 0.444 e. The lowest BCUT2D eigenvalue weighted by molar-refractivity contribution is 0.0189. The third-order valence-electron chi connectivity index (χ3n) is 3.48. The summed E-state index contributed by atoms with van der Waals surface area (Å²) in [5, 5.41) is 0. The number of hydrogen-bond donors (Lipinski definition) is 0. The lowest BCUT2D eigenvalue weighted by atomic mass is 10.2. The van der Waals surface area contributed by atoms with Gasteiger partial charge in [0.1, 0.15) is 9.92 Å². The van der Waals surface area contributed by atoms with Gasteiger partial charge < -0.3 is 14.5 Å². The van der Waals surface area contributed by atoms with Crippen LogP contribution >= 0.6 is 24.0 Å². The van der Waals surface area contributed by atoms with E-state index in [-0.39, 0.29) is 6.09 Å². The maximum absolute atomic E-state index is 12.1. The number of carbonyl (C=O) groups excluding carboxylic acids is 1. The minimum atomic E-state index is -0.454. The lowest BCUT2D eigenvalue weighted by Crippen LogP contribution is -2.50. The number of ether oxygens (including phenoxy) is 1. The summed E-state index contributed by atoms with van der Waals surface area (Å²) in [6.07, 6.45) is -0.241. The molecule has 4 nitrogen and oxygen atoms in total. The molecule has 0 bridgehead atoms. The summed E-state index contributed by atoms with van der Waals surface area (Å²) in [7, 11) is 0. The Morgan fingerprint density at radius 3 is 2.26 bits per heavy atom. The van der Waals surface area contributed by atoms with E-state index in [0.717, 1.165) is 17.4 Å². The summed E-state index contributed by atoms with van der Waals surface area (Å²) < 4.78 is 6.28. The van der Waals surface area contributed by atoms with Gasteiger partial charge in [0.05, 0.1) is 0 Å². The maximum atomic E-state index is 12.1. The highest BCUT2D eigenvalue weighted by Gasteiger charge is 2.26. The van der Waals surface area contributed by atoms with Gasteiger partial charge in [0.15, 0.2) is 0 Å². The van der Waals surface area contributed by atoms with Gasteiger partial charge in [0.25, 0.3) is 0 Å². The molecule has 0 radical (unpaired) electrons. The number of piperazine rings is 1. The van der Waals surface area contributed by atoms with E-state index in [1.165, 1.54) is 10.5 Å². The second-order valence-corrected chi connectivity index (χ2v) is 8.26. The first-order valence-corrected chi connectivity index (χ1v) is 8.99. The zero-order valence-corrected chi connectivity index (χ0v) is 15.8. The van der Waals surface area contributed by atoms with Gasteiger partial charge in [0, 0.05) is 31.1 Å². The minimum Gasteiger partial charge on any atom is -0.444 e. The molecule has 0 unspecified atom stereocenters. The molecule has 6 heteroatoms. The molecule has 0 aliphatic carbocycles. The first kappa shape index (κ1) is 18.1. The van der Waals surface area contributed by atoms with Crippen molar-refractivity contribution in [3.8, 4) is 0 Å². The van der Waals surface area contributed by atoms with E-state index in [1.807, 2.05) is 32.9 Å². The fourth-order valence-corrected chi connectivity index (χ4v) is 3.55. The molecular formula is C17H24N2O2S2. The molecule has 1 aliphatic heterocycles. The predicted molar refractivity (Wildman–Crippen MR) is 99.0 cm³/mol. The molecule has 0 aromatic heterocycles. The second-order valence-electron chi connectivity index (χ2n) is 6.59. The highest BCUT2D eigenvalue weighted by molar-refractivity contribution is 8.23. The molecule has 1 fully saturated rings. The molecule has 0 N–H and O–H groups in total. The number of nitrogens with zero attached hydrogens (tertiary/aromatic N) is 2. The number of amides is 1. The molecule has 2 rings (SSSR count). The van der Waals surface area contributed by atoms with Crippen LogP contribution in [0, 0.1) is 6.92 Å². The lowest BCUT2D eigenvalue weighted by Gasteiger charge is -2.36. The molecule has 1 aromatic rings. The molecule has 126 valence electrons. The van der Waals surface area contributed by atoms with E-state index in [9.17, 15) is 4.79 Å². The summed E-state index contributed by atoms with van der Waals surface area (Å²) >= 11 is 7.18. The number of thiocarbonyl (C=S) groups is 1. The average Bonchev–Trinajstić information content (AvgIpc) is 2.48. The fourth-order valence-electron chi connectivity index (χ4n) is 2.23. The van der Waals surface area contributed by atoms with E-state index in [4.69, 9.17) is 17.0 Å². The maximum Gasteiger partial charge on any atom is 0.410 e. The second kappa shape index (κ2) is 7.53. The monoisotopic (exact) mass is 352 g/mol. The van der Waals surface area contributed by atoms with Crippen molar-refractivity contribution in [3.63, 3.8) is 0 Å². The van der Waals surface area contributed by atoms with Crippen LogP contribution in [0.3, 0.4) is 0 Å². The molecule has 1 aliphatic rings. The smallest absolute Gasteiger partial charge is 0.410 e. The summed E-state index contributed by atoms with van der Waals surface area (Å²) in [6, 6.07) is 8.23. The van der Waals surface area contributed by atoms with E-state index in [0.29, 0.717) is 13.1 Å². The van der Waals surface area contributed by atoms with Gasteiger partial charge in [-0.05, 0) is 39.3 Å². The zero-order valence-electron chi connectivity index (χ0n) is 14.2. The highest BCUT2D eigenvalue weighted by Crippen LogP contribution is 2.25. The van der Waals surface area contributed by atoms with Crippen molar-refractivity contribution < 1.29 is 9.53 Å². The van der Waals surface area contributed by atoms with Crippen LogP contribution in [0.5, 0.6) is 0 Å². The van der Waals surface area contributed by atoms with Crippen LogP contribution in [0.4, 0.5) is 4.79 Å². The van der Waals surface area contributed by atoms with Gasteiger partial charge in [0.2, 0.25) is 0 Å². The van der Waals surface area contributed by atoms with Crippen molar-refractivity contribution in [1.82, 2.24) is 9.80 Å². The van der Waals surface area contributed by atoms with Crippen LogP contribution in [-0.4, -0.2) is 52.0 Å². The first-order chi connectivity index (χ1) is 10.8. The summed E-state index contributed by atoms with van der Waals surface area (Å²) in [4.78, 5) is 17.2. The van der Waals surface area contributed by atoms with Gasteiger partial charge in [-0.15, -0.1) is 0 Å². The minimum absolute atomic E-state index is 0.241. The molecule has 0 atom stereocenters. The molecule has 0 saturated carbocycles. The molecule has 1 aromatic carbocycles. The molecule has 1 saturated heterocycles. The Morgan fingerprint density at radius 1 is 1.13 bits per heavy atom. The van der Waals surface area contributed by atoms with Crippen LogP contribution in [0.25, 0.3) is 0 Å². The molecule has 23 heavy (non-hydrogen) atoms. The molecule has 1 amide bonds. The van der Waals surface area contributed by atoms with E-state index < -0.39 is 5.60 Å². The number of rotatable bonds is 1. The SMILES string of the molecule is Cc1ccccc1SC(=S)N1CCN(C(=O)OC(C)(C)C)CC1. The van der Waals surface area contributed by atoms with Crippen molar-refractivity contribution in [2.45, 2.75) is 38.2 Å². The van der Waals surface area contributed by atoms with Gasteiger partial charge in [-0.2, -0.15) is 0 Å². The molecular weight excluding hydrogens is 328 g/mol. The highest BCUT2D eigenvalue weighted by atomic mass is 32.2. The van der Waals surface area contributed by atoms with Crippen LogP contribution in [-0.2, 0) is 4.74 Å². The predicted octanol–water partition coefficient (Wildman–Crippen LogP) is 3.92. The third kappa shape index (κ3) is 5.39.